The zero-order valence-corrected chi connectivity index (χ0v) is 21.3. The van der Waals surface area contributed by atoms with Gasteiger partial charge in [-0.05, 0) is 25.0 Å². The topological polar surface area (TPSA) is 83.4 Å². The van der Waals surface area contributed by atoms with Crippen LogP contribution in [0.2, 0.25) is 0 Å². The number of Topliss-reactive ketones (excluding diaryl/α,β-unsaturated/α-hetero) is 1. The quantitative estimate of drug-likeness (QED) is 0.111. The van der Waals surface area contributed by atoms with E-state index in [9.17, 15) is 14.7 Å². The van der Waals surface area contributed by atoms with Crippen molar-refractivity contribution in [3.05, 3.63) is 112 Å². The van der Waals surface area contributed by atoms with Gasteiger partial charge in [-0.25, -0.2) is 0 Å². The molecular formula is C28H23N3O3S2. The SMILES string of the molecule is Cc1ccc(/C(O)=C2\C(=O)C(=O)N(c3nnc(SCc4ccccc4)s3)C2c2ccc(C)cc2)cc1. The first-order chi connectivity index (χ1) is 17.4. The molecule has 1 unspecified atom stereocenters. The number of carbonyl (C=O) groups is 2. The van der Waals surface area contributed by atoms with Crippen molar-refractivity contribution in [1.82, 2.24) is 10.2 Å². The Kier molecular flexibility index (Phi) is 6.71. The fourth-order valence-corrected chi connectivity index (χ4v) is 5.86. The van der Waals surface area contributed by atoms with Gasteiger partial charge < -0.3 is 5.11 Å². The van der Waals surface area contributed by atoms with E-state index in [1.807, 2.05) is 80.6 Å². The van der Waals surface area contributed by atoms with Crippen molar-refractivity contribution in [1.29, 1.82) is 0 Å². The molecule has 2 heterocycles. The average Bonchev–Trinajstić information content (AvgIpc) is 3.46. The van der Waals surface area contributed by atoms with Crippen LogP contribution in [-0.2, 0) is 15.3 Å². The van der Waals surface area contributed by atoms with E-state index in [0.29, 0.717) is 26.4 Å². The molecule has 1 atom stereocenters. The molecule has 0 saturated carbocycles. The molecule has 1 aliphatic rings. The Balaban J connectivity index is 1.55. The number of benzene rings is 3. The predicted octanol–water partition coefficient (Wildman–Crippen LogP) is 6.07. The van der Waals surface area contributed by atoms with Gasteiger partial charge in [-0.2, -0.15) is 0 Å². The fourth-order valence-electron chi connectivity index (χ4n) is 4.04. The lowest BCUT2D eigenvalue weighted by atomic mass is 9.94. The Morgan fingerprint density at radius 2 is 1.56 bits per heavy atom. The summed E-state index contributed by atoms with van der Waals surface area (Å²) < 4.78 is 0.692. The van der Waals surface area contributed by atoms with E-state index in [4.69, 9.17) is 0 Å². The van der Waals surface area contributed by atoms with Crippen molar-refractivity contribution in [3.63, 3.8) is 0 Å². The van der Waals surface area contributed by atoms with Crippen LogP contribution in [0, 0.1) is 13.8 Å². The molecule has 8 heteroatoms. The van der Waals surface area contributed by atoms with Crippen molar-refractivity contribution < 1.29 is 14.7 Å². The third-order valence-corrected chi connectivity index (χ3v) is 8.10. The van der Waals surface area contributed by atoms with E-state index in [0.717, 1.165) is 16.7 Å². The molecular weight excluding hydrogens is 490 g/mol. The number of ketones is 1. The highest BCUT2D eigenvalue weighted by molar-refractivity contribution is 8.00. The lowest BCUT2D eigenvalue weighted by Gasteiger charge is -2.22. The molecule has 36 heavy (non-hydrogen) atoms. The van der Waals surface area contributed by atoms with Crippen LogP contribution in [0.5, 0.6) is 0 Å². The van der Waals surface area contributed by atoms with Crippen LogP contribution in [0.1, 0.15) is 33.9 Å². The van der Waals surface area contributed by atoms with Crippen LogP contribution < -0.4 is 4.90 Å². The van der Waals surface area contributed by atoms with Crippen LogP contribution in [0.15, 0.2) is 88.8 Å². The van der Waals surface area contributed by atoms with Gasteiger partial charge >= 0.3 is 5.91 Å². The lowest BCUT2D eigenvalue weighted by Crippen LogP contribution is -2.29. The maximum atomic E-state index is 13.3. The maximum absolute atomic E-state index is 13.3. The first-order valence-electron chi connectivity index (χ1n) is 11.4. The second-order valence-corrected chi connectivity index (χ2v) is 10.7. The molecule has 3 aromatic carbocycles. The second kappa shape index (κ2) is 10.1. The third-order valence-electron chi connectivity index (χ3n) is 5.97. The molecule has 1 N–H and O–H groups in total. The number of carbonyl (C=O) groups excluding carboxylic acids is 2. The van der Waals surface area contributed by atoms with E-state index < -0.39 is 17.7 Å². The van der Waals surface area contributed by atoms with Crippen LogP contribution in [0.25, 0.3) is 5.76 Å². The maximum Gasteiger partial charge on any atom is 0.301 e. The lowest BCUT2D eigenvalue weighted by molar-refractivity contribution is -0.132. The number of rotatable bonds is 6. The van der Waals surface area contributed by atoms with E-state index in [2.05, 4.69) is 10.2 Å². The van der Waals surface area contributed by atoms with Crippen molar-refractivity contribution in [2.45, 2.75) is 30.0 Å². The number of anilines is 1. The number of aryl methyl sites for hydroxylation is 2. The van der Waals surface area contributed by atoms with Crippen molar-refractivity contribution in [2.24, 2.45) is 0 Å². The highest BCUT2D eigenvalue weighted by Gasteiger charge is 2.48. The molecule has 4 aromatic rings. The first-order valence-corrected chi connectivity index (χ1v) is 13.2. The molecule has 0 spiro atoms. The molecule has 0 aliphatic carbocycles. The van der Waals surface area contributed by atoms with Gasteiger partial charge in [-0.15, -0.1) is 10.2 Å². The minimum Gasteiger partial charge on any atom is -0.507 e. The molecule has 0 bridgehead atoms. The number of hydrogen-bond donors (Lipinski definition) is 1. The zero-order chi connectivity index (χ0) is 25.2. The van der Waals surface area contributed by atoms with Gasteiger partial charge in [-0.1, -0.05) is 113 Å². The molecule has 1 amide bonds. The summed E-state index contributed by atoms with van der Waals surface area (Å²) in [7, 11) is 0. The summed E-state index contributed by atoms with van der Waals surface area (Å²) in [4.78, 5) is 27.9. The summed E-state index contributed by atoms with van der Waals surface area (Å²) in [5.41, 5.74) is 4.45. The number of aliphatic hydroxyl groups is 1. The number of aromatic nitrogens is 2. The summed E-state index contributed by atoms with van der Waals surface area (Å²) in [6.45, 7) is 3.91. The number of hydrogen-bond acceptors (Lipinski definition) is 7. The fraction of sp³-hybridized carbons (Fsp3) is 0.143. The number of amides is 1. The zero-order valence-electron chi connectivity index (χ0n) is 19.7. The van der Waals surface area contributed by atoms with E-state index in [-0.39, 0.29) is 11.3 Å². The smallest absolute Gasteiger partial charge is 0.301 e. The van der Waals surface area contributed by atoms with Crippen LogP contribution in [0.3, 0.4) is 0 Å². The van der Waals surface area contributed by atoms with Crippen molar-refractivity contribution >= 4 is 45.7 Å². The van der Waals surface area contributed by atoms with Crippen molar-refractivity contribution in [2.75, 3.05) is 4.90 Å². The van der Waals surface area contributed by atoms with Gasteiger partial charge in [0, 0.05) is 11.3 Å². The highest BCUT2D eigenvalue weighted by atomic mass is 32.2. The molecule has 0 radical (unpaired) electrons. The van der Waals surface area contributed by atoms with E-state index >= 15 is 0 Å². The van der Waals surface area contributed by atoms with Crippen LogP contribution in [0.4, 0.5) is 5.13 Å². The van der Waals surface area contributed by atoms with Crippen LogP contribution >= 0.6 is 23.1 Å². The van der Waals surface area contributed by atoms with E-state index in [1.54, 1.807) is 12.1 Å². The molecule has 6 nitrogen and oxygen atoms in total. The van der Waals surface area contributed by atoms with Gasteiger partial charge in [0.1, 0.15) is 5.76 Å². The van der Waals surface area contributed by atoms with Crippen molar-refractivity contribution in [3.8, 4) is 0 Å². The molecule has 1 aliphatic heterocycles. The van der Waals surface area contributed by atoms with E-state index in [1.165, 1.54) is 28.0 Å². The standard InChI is InChI=1S/C28H23N3O3S2/c1-17-8-12-20(13-9-17)23-22(24(32)21-14-10-18(2)11-15-21)25(33)26(34)31(23)27-29-30-28(36-27)35-16-19-6-4-3-5-7-19/h3-15,23,32H,16H2,1-2H3/b24-22+. The number of aliphatic hydroxyl groups excluding tert-OH is 1. The normalized spacial score (nSPS) is 17.1. The Hall–Kier alpha value is -3.75. The minimum atomic E-state index is -0.813. The highest BCUT2D eigenvalue weighted by Crippen LogP contribution is 2.44. The minimum absolute atomic E-state index is 0.0430. The molecule has 180 valence electrons. The molecule has 1 aromatic heterocycles. The monoisotopic (exact) mass is 513 g/mol. The third kappa shape index (κ3) is 4.69. The van der Waals surface area contributed by atoms with Gasteiger partial charge in [0.2, 0.25) is 5.13 Å². The van der Waals surface area contributed by atoms with Gasteiger partial charge in [-0.3, -0.25) is 14.5 Å². The predicted molar refractivity (Wildman–Crippen MR) is 143 cm³/mol. The van der Waals surface area contributed by atoms with Crippen LogP contribution in [-0.4, -0.2) is 27.0 Å². The number of nitrogens with zero attached hydrogens (tertiary/aromatic N) is 3. The Morgan fingerprint density at radius 1 is 0.917 bits per heavy atom. The average molecular weight is 514 g/mol. The Labute approximate surface area is 217 Å². The Bertz CT molecular complexity index is 1450. The summed E-state index contributed by atoms with van der Waals surface area (Å²) in [5, 5.41) is 20.1. The summed E-state index contributed by atoms with van der Waals surface area (Å²) >= 11 is 2.78. The van der Waals surface area contributed by atoms with Gasteiger partial charge in [0.15, 0.2) is 4.34 Å². The summed E-state index contributed by atoms with van der Waals surface area (Å²) in [6, 6.07) is 24.0. The van der Waals surface area contributed by atoms with Gasteiger partial charge in [0.25, 0.3) is 5.78 Å². The van der Waals surface area contributed by atoms with Gasteiger partial charge in [0.05, 0.1) is 11.6 Å². The molecule has 1 saturated heterocycles. The molecule has 1 fully saturated rings. The second-order valence-electron chi connectivity index (χ2n) is 8.57. The molecule has 5 rings (SSSR count). The summed E-state index contributed by atoms with van der Waals surface area (Å²) in [6.07, 6.45) is 0. The largest absolute Gasteiger partial charge is 0.507 e. The first kappa shape index (κ1) is 24.0. The summed E-state index contributed by atoms with van der Waals surface area (Å²) in [5.74, 6) is -0.967. The Morgan fingerprint density at radius 3 is 2.22 bits per heavy atom. The number of thioether (sulfide) groups is 1.